The summed E-state index contributed by atoms with van der Waals surface area (Å²) >= 11 is 1.37. The lowest BCUT2D eigenvalue weighted by molar-refractivity contribution is -0.116. The molecule has 8 heteroatoms. The molecule has 0 unspecified atom stereocenters. The largest absolute Gasteiger partial charge is 0.444 e. The van der Waals surface area contributed by atoms with Crippen molar-refractivity contribution in [2.75, 3.05) is 11.9 Å². The van der Waals surface area contributed by atoms with Crippen molar-refractivity contribution in [3.63, 3.8) is 0 Å². The van der Waals surface area contributed by atoms with Crippen molar-refractivity contribution in [3.8, 4) is 10.6 Å². The average molecular weight is 362 g/mol. The van der Waals surface area contributed by atoms with Gasteiger partial charge in [-0.15, -0.1) is 0 Å². The predicted octanol–water partition coefficient (Wildman–Crippen LogP) is 3.37. The van der Waals surface area contributed by atoms with Gasteiger partial charge in [0.15, 0.2) is 5.13 Å². The number of amides is 2. The third-order valence-electron chi connectivity index (χ3n) is 2.96. The highest BCUT2D eigenvalue weighted by Crippen LogP contribution is 2.31. The van der Waals surface area contributed by atoms with E-state index in [0.29, 0.717) is 5.13 Å². The van der Waals surface area contributed by atoms with Crippen LogP contribution in [0.4, 0.5) is 9.93 Å². The number of nitrogens with zero attached hydrogens (tertiary/aromatic N) is 2. The minimum atomic E-state index is -0.563. The molecule has 2 rings (SSSR count). The van der Waals surface area contributed by atoms with Crippen LogP contribution in [0.25, 0.3) is 10.6 Å². The fraction of sp³-hybridized carbons (Fsp3) is 0.412. The van der Waals surface area contributed by atoms with E-state index in [1.54, 1.807) is 27.0 Å². The van der Waals surface area contributed by atoms with E-state index in [0.717, 1.165) is 16.3 Å². The first-order valence-corrected chi connectivity index (χ1v) is 8.72. The smallest absolute Gasteiger partial charge is 0.407 e. The van der Waals surface area contributed by atoms with Gasteiger partial charge in [0, 0.05) is 19.2 Å². The van der Waals surface area contributed by atoms with Gasteiger partial charge >= 0.3 is 6.09 Å². The van der Waals surface area contributed by atoms with Gasteiger partial charge in [0.1, 0.15) is 5.60 Å². The van der Waals surface area contributed by atoms with Crippen molar-refractivity contribution in [2.24, 2.45) is 0 Å². The Labute approximate surface area is 150 Å². The number of aromatic nitrogens is 2. The summed E-state index contributed by atoms with van der Waals surface area (Å²) < 4.78 is 5.11. The van der Waals surface area contributed by atoms with E-state index in [1.165, 1.54) is 11.3 Å². The van der Waals surface area contributed by atoms with Crippen LogP contribution in [0.3, 0.4) is 0 Å². The van der Waals surface area contributed by atoms with Gasteiger partial charge in [0.25, 0.3) is 0 Å². The third kappa shape index (κ3) is 6.15. The van der Waals surface area contributed by atoms with E-state index < -0.39 is 11.7 Å². The number of hydrogen-bond donors (Lipinski definition) is 2. The van der Waals surface area contributed by atoms with Gasteiger partial charge in [0.05, 0.1) is 16.3 Å². The van der Waals surface area contributed by atoms with Crippen molar-refractivity contribution in [2.45, 2.75) is 39.7 Å². The zero-order valence-corrected chi connectivity index (χ0v) is 15.6. The molecule has 0 aromatic carbocycles. The summed E-state index contributed by atoms with van der Waals surface area (Å²) in [5.41, 5.74) is 1.07. The highest BCUT2D eigenvalue weighted by atomic mass is 32.1. The Morgan fingerprint density at radius 2 is 2.04 bits per heavy atom. The van der Waals surface area contributed by atoms with Crippen LogP contribution in [-0.4, -0.2) is 34.1 Å². The van der Waals surface area contributed by atoms with Crippen molar-refractivity contribution in [1.29, 1.82) is 0 Å². The van der Waals surface area contributed by atoms with E-state index in [2.05, 4.69) is 20.6 Å². The standard InChI is InChI=1S/C17H22N4O3S/c1-11-14(12-7-5-6-9-18-12)25-15(20-11)21-13(22)8-10-19-16(23)24-17(2,3)4/h5-7,9H,8,10H2,1-4H3,(H,19,23)(H,20,21,22). The lowest BCUT2D eigenvalue weighted by atomic mass is 10.2. The van der Waals surface area contributed by atoms with E-state index in [9.17, 15) is 9.59 Å². The number of thiazole rings is 1. The number of anilines is 1. The first-order valence-electron chi connectivity index (χ1n) is 7.90. The minimum absolute atomic E-state index is 0.136. The summed E-state index contributed by atoms with van der Waals surface area (Å²) in [5, 5.41) is 5.81. The Bertz CT molecular complexity index is 738. The summed E-state index contributed by atoms with van der Waals surface area (Å²) in [6.07, 6.45) is 1.31. The van der Waals surface area contributed by atoms with Crippen LogP contribution in [-0.2, 0) is 9.53 Å². The second-order valence-corrected chi connectivity index (χ2v) is 7.37. The second kappa shape index (κ2) is 8.06. The highest BCUT2D eigenvalue weighted by molar-refractivity contribution is 7.19. The summed E-state index contributed by atoms with van der Waals surface area (Å²) in [5.74, 6) is -0.225. The highest BCUT2D eigenvalue weighted by Gasteiger charge is 2.16. The minimum Gasteiger partial charge on any atom is -0.444 e. The fourth-order valence-corrected chi connectivity index (χ4v) is 2.92. The monoisotopic (exact) mass is 362 g/mol. The van der Waals surface area contributed by atoms with E-state index in [4.69, 9.17) is 4.74 Å². The van der Waals surface area contributed by atoms with Crippen LogP contribution in [0, 0.1) is 6.92 Å². The molecule has 2 amide bonds. The normalized spacial score (nSPS) is 11.0. The SMILES string of the molecule is Cc1nc(NC(=O)CCNC(=O)OC(C)(C)C)sc1-c1ccccn1. The Hall–Kier alpha value is -2.48. The van der Waals surface area contributed by atoms with Crippen molar-refractivity contribution in [1.82, 2.24) is 15.3 Å². The number of alkyl carbamates (subject to hydrolysis) is 1. The Balaban J connectivity index is 1.84. The van der Waals surface area contributed by atoms with Crippen molar-refractivity contribution < 1.29 is 14.3 Å². The summed E-state index contributed by atoms with van der Waals surface area (Å²) in [6.45, 7) is 7.41. The molecule has 0 bridgehead atoms. The lowest BCUT2D eigenvalue weighted by Gasteiger charge is -2.19. The number of aryl methyl sites for hydroxylation is 1. The first kappa shape index (κ1) is 18.9. The van der Waals surface area contributed by atoms with Crippen LogP contribution in [0.15, 0.2) is 24.4 Å². The molecule has 25 heavy (non-hydrogen) atoms. The molecule has 0 spiro atoms. The molecule has 2 aromatic rings. The number of rotatable bonds is 5. The maximum absolute atomic E-state index is 12.0. The molecule has 0 saturated carbocycles. The molecule has 0 fully saturated rings. The third-order valence-corrected chi connectivity index (χ3v) is 4.06. The molecular formula is C17H22N4O3S. The lowest BCUT2D eigenvalue weighted by Crippen LogP contribution is -2.34. The fourth-order valence-electron chi connectivity index (χ4n) is 1.96. The number of carbonyl (C=O) groups is 2. The van der Waals surface area contributed by atoms with Crippen LogP contribution in [0.2, 0.25) is 0 Å². The topological polar surface area (TPSA) is 93.2 Å². The van der Waals surface area contributed by atoms with Crippen LogP contribution in [0.1, 0.15) is 32.9 Å². The second-order valence-electron chi connectivity index (χ2n) is 6.38. The molecule has 2 aromatic heterocycles. The first-order chi connectivity index (χ1) is 11.7. The average Bonchev–Trinajstić information content (AvgIpc) is 2.86. The van der Waals surface area contributed by atoms with Crippen molar-refractivity contribution in [3.05, 3.63) is 30.1 Å². The summed E-state index contributed by atoms with van der Waals surface area (Å²) in [4.78, 5) is 33.1. The molecular weight excluding hydrogens is 340 g/mol. The Kier molecular flexibility index (Phi) is 6.08. The van der Waals surface area contributed by atoms with Gasteiger partial charge < -0.3 is 15.4 Å². The van der Waals surface area contributed by atoms with Crippen LogP contribution in [0.5, 0.6) is 0 Å². The predicted molar refractivity (Wildman–Crippen MR) is 97.6 cm³/mol. The van der Waals surface area contributed by atoms with Gasteiger partial charge in [-0.2, -0.15) is 0 Å². The molecule has 0 aliphatic heterocycles. The number of ether oxygens (including phenoxy) is 1. The molecule has 2 heterocycles. The quantitative estimate of drug-likeness (QED) is 0.850. The zero-order valence-electron chi connectivity index (χ0n) is 14.8. The van der Waals surface area contributed by atoms with Gasteiger partial charge in [-0.05, 0) is 39.8 Å². The van der Waals surface area contributed by atoms with Gasteiger partial charge in [0.2, 0.25) is 5.91 Å². The van der Waals surface area contributed by atoms with Crippen LogP contribution < -0.4 is 10.6 Å². The van der Waals surface area contributed by atoms with E-state index in [-0.39, 0.29) is 18.9 Å². The van der Waals surface area contributed by atoms with Crippen LogP contribution >= 0.6 is 11.3 Å². The maximum atomic E-state index is 12.0. The molecule has 0 aliphatic carbocycles. The van der Waals surface area contributed by atoms with Gasteiger partial charge in [-0.1, -0.05) is 17.4 Å². The van der Waals surface area contributed by atoms with Crippen molar-refractivity contribution >= 4 is 28.5 Å². The molecule has 0 radical (unpaired) electrons. The number of hydrogen-bond acceptors (Lipinski definition) is 6. The molecule has 0 saturated heterocycles. The Morgan fingerprint density at radius 1 is 1.28 bits per heavy atom. The molecule has 0 atom stereocenters. The summed E-state index contributed by atoms with van der Waals surface area (Å²) in [7, 11) is 0. The summed E-state index contributed by atoms with van der Waals surface area (Å²) in [6, 6.07) is 5.65. The molecule has 2 N–H and O–H groups in total. The number of nitrogens with one attached hydrogen (secondary N) is 2. The van der Waals surface area contributed by atoms with E-state index in [1.807, 2.05) is 25.1 Å². The maximum Gasteiger partial charge on any atom is 0.407 e. The van der Waals surface area contributed by atoms with Gasteiger partial charge in [-0.3, -0.25) is 9.78 Å². The molecule has 0 aliphatic rings. The number of carbonyl (C=O) groups excluding carboxylic acids is 2. The van der Waals surface area contributed by atoms with Gasteiger partial charge in [-0.25, -0.2) is 9.78 Å². The Morgan fingerprint density at radius 3 is 2.68 bits per heavy atom. The number of pyridine rings is 1. The zero-order chi connectivity index (χ0) is 18.4. The molecule has 7 nitrogen and oxygen atoms in total. The molecule has 134 valence electrons. The van der Waals surface area contributed by atoms with E-state index >= 15 is 0 Å².